The van der Waals surface area contributed by atoms with Crippen LogP contribution in [-0.2, 0) is 9.48 Å². The lowest BCUT2D eigenvalue weighted by Gasteiger charge is -2.44. The van der Waals surface area contributed by atoms with Crippen LogP contribution in [0.25, 0.3) is 0 Å². The van der Waals surface area contributed by atoms with Crippen molar-refractivity contribution in [1.29, 1.82) is 0 Å². The first-order valence-electron chi connectivity index (χ1n) is 7.71. The van der Waals surface area contributed by atoms with E-state index >= 15 is 0 Å². The summed E-state index contributed by atoms with van der Waals surface area (Å²) in [6, 6.07) is 31.9. The fourth-order valence-electron chi connectivity index (χ4n) is 3.09. The third-order valence-electron chi connectivity index (χ3n) is 4.51. The highest BCUT2D eigenvalue weighted by atomic mass is 79.9. The molecule has 0 nitrogen and oxygen atoms in total. The normalized spacial score (nSPS) is 14.2. The quantitative estimate of drug-likeness (QED) is 0.376. The Balaban J connectivity index is 2.25. The Labute approximate surface area is 149 Å². The highest BCUT2D eigenvalue weighted by Gasteiger charge is 2.46. The molecule has 0 saturated heterocycles. The van der Waals surface area contributed by atoms with Gasteiger partial charge in [0.15, 0.2) is 0 Å². The average molecular weight is 383 g/mol. The zero-order valence-electron chi connectivity index (χ0n) is 13.1. The third-order valence-corrected chi connectivity index (χ3v) is 7.26. The van der Waals surface area contributed by atoms with Gasteiger partial charge in [-0.1, -0.05) is 107 Å². The van der Waals surface area contributed by atoms with Gasteiger partial charge in [0.2, 0.25) is 0 Å². The second kappa shape index (κ2) is 6.59. The summed E-state index contributed by atoms with van der Waals surface area (Å²) in [5.74, 6) is 0. The van der Waals surface area contributed by atoms with E-state index in [1.165, 1.54) is 16.7 Å². The Morgan fingerprint density at radius 1 is 0.609 bits per heavy atom. The molecule has 23 heavy (non-hydrogen) atoms. The molecule has 0 aliphatic carbocycles. The van der Waals surface area contributed by atoms with Crippen LogP contribution in [0.5, 0.6) is 0 Å². The Morgan fingerprint density at radius 2 is 0.913 bits per heavy atom. The minimum absolute atomic E-state index is 0.269. The first kappa shape index (κ1) is 16.4. The SMILES string of the molecule is CC(Br)(c1ccccc1)C(P)(c1ccccc1)c1ccccc1. The van der Waals surface area contributed by atoms with E-state index in [2.05, 4.69) is 123 Å². The number of hydrogen-bond donors (Lipinski definition) is 0. The predicted octanol–water partition coefficient (Wildman–Crippen LogP) is 6.12. The van der Waals surface area contributed by atoms with Crippen LogP contribution in [0.3, 0.4) is 0 Å². The van der Waals surface area contributed by atoms with Crippen molar-refractivity contribution in [3.63, 3.8) is 0 Å². The van der Waals surface area contributed by atoms with Crippen molar-refractivity contribution in [2.75, 3.05) is 0 Å². The van der Waals surface area contributed by atoms with Gasteiger partial charge in [-0.3, -0.25) is 0 Å². The van der Waals surface area contributed by atoms with Crippen molar-refractivity contribution in [2.45, 2.75) is 16.4 Å². The van der Waals surface area contributed by atoms with Gasteiger partial charge in [-0.25, -0.2) is 0 Å². The number of hydrogen-bond acceptors (Lipinski definition) is 0. The van der Waals surface area contributed by atoms with E-state index < -0.39 is 0 Å². The second-order valence-corrected chi connectivity index (χ2v) is 8.36. The van der Waals surface area contributed by atoms with Gasteiger partial charge >= 0.3 is 0 Å². The minimum atomic E-state index is -0.281. The highest BCUT2D eigenvalue weighted by molar-refractivity contribution is 9.09. The van der Waals surface area contributed by atoms with Gasteiger partial charge in [0, 0.05) is 0 Å². The molecule has 0 radical (unpaired) electrons. The Hall–Kier alpha value is -1.43. The Kier molecular flexibility index (Phi) is 4.71. The summed E-state index contributed by atoms with van der Waals surface area (Å²) in [6.45, 7) is 2.25. The van der Waals surface area contributed by atoms with Crippen LogP contribution < -0.4 is 0 Å². The lowest BCUT2D eigenvalue weighted by Crippen LogP contribution is -2.38. The summed E-state index contributed by atoms with van der Waals surface area (Å²) in [6.07, 6.45) is 0. The molecule has 0 aliphatic rings. The van der Waals surface area contributed by atoms with Gasteiger partial charge in [-0.15, -0.1) is 9.24 Å². The van der Waals surface area contributed by atoms with Crippen molar-refractivity contribution < 1.29 is 0 Å². The van der Waals surface area contributed by atoms with Crippen LogP contribution in [-0.4, -0.2) is 0 Å². The van der Waals surface area contributed by atoms with Gasteiger partial charge in [-0.2, -0.15) is 0 Å². The van der Waals surface area contributed by atoms with E-state index in [4.69, 9.17) is 0 Å². The molecule has 0 fully saturated rings. The van der Waals surface area contributed by atoms with Crippen molar-refractivity contribution in [1.82, 2.24) is 0 Å². The molecule has 0 aromatic heterocycles. The van der Waals surface area contributed by atoms with E-state index in [1.54, 1.807) is 0 Å². The lowest BCUT2D eigenvalue weighted by molar-refractivity contribution is 0.561. The van der Waals surface area contributed by atoms with Crippen LogP contribution in [0.1, 0.15) is 23.6 Å². The van der Waals surface area contributed by atoms with E-state index in [0.717, 1.165) is 0 Å². The van der Waals surface area contributed by atoms with Gasteiger partial charge in [0.1, 0.15) is 0 Å². The van der Waals surface area contributed by atoms with Crippen molar-refractivity contribution in [3.05, 3.63) is 108 Å². The molecule has 3 aromatic rings. The van der Waals surface area contributed by atoms with Gasteiger partial charge in [0.05, 0.1) is 9.48 Å². The third kappa shape index (κ3) is 2.89. The summed E-state index contributed by atoms with van der Waals surface area (Å²) >= 11 is 4.07. The number of halogens is 1. The molecule has 2 atom stereocenters. The number of benzene rings is 3. The highest BCUT2D eigenvalue weighted by Crippen LogP contribution is 2.56. The van der Waals surface area contributed by atoms with Crippen LogP contribution in [0, 0.1) is 0 Å². The predicted molar refractivity (Wildman–Crippen MR) is 106 cm³/mol. The molecule has 116 valence electrons. The van der Waals surface area contributed by atoms with Crippen LogP contribution in [0.2, 0.25) is 0 Å². The van der Waals surface area contributed by atoms with Gasteiger partial charge in [-0.05, 0) is 23.6 Å². The summed E-state index contributed by atoms with van der Waals surface area (Å²) in [5, 5.41) is -0.281. The molecule has 2 heteroatoms. The topological polar surface area (TPSA) is 0 Å². The molecule has 0 saturated carbocycles. The van der Waals surface area contributed by atoms with Crippen LogP contribution in [0.4, 0.5) is 0 Å². The van der Waals surface area contributed by atoms with E-state index in [-0.39, 0.29) is 9.48 Å². The molecule has 2 unspecified atom stereocenters. The Bertz CT molecular complexity index is 712. The molecule has 0 bridgehead atoms. The minimum Gasteiger partial charge on any atom is -0.120 e. The van der Waals surface area contributed by atoms with Crippen molar-refractivity contribution in [2.24, 2.45) is 0 Å². The summed E-state index contributed by atoms with van der Waals surface area (Å²) in [4.78, 5) is 0. The summed E-state index contributed by atoms with van der Waals surface area (Å²) in [7, 11) is 3.12. The van der Waals surface area contributed by atoms with E-state index in [9.17, 15) is 0 Å². The van der Waals surface area contributed by atoms with E-state index in [1.807, 2.05) is 0 Å². The maximum Gasteiger partial charge on any atom is 0.0648 e. The Morgan fingerprint density at radius 3 is 1.26 bits per heavy atom. The maximum absolute atomic E-state index is 4.07. The largest absolute Gasteiger partial charge is 0.120 e. The fourth-order valence-corrected chi connectivity index (χ4v) is 4.36. The molecule has 0 amide bonds. The maximum atomic E-state index is 4.07. The number of alkyl halides is 1. The second-order valence-electron chi connectivity index (χ2n) is 5.91. The summed E-state index contributed by atoms with van der Waals surface area (Å²) < 4.78 is -0.269. The molecule has 3 aromatic carbocycles. The first-order valence-corrected chi connectivity index (χ1v) is 9.08. The molecule has 3 rings (SSSR count). The van der Waals surface area contributed by atoms with E-state index in [0.29, 0.717) is 0 Å². The first-order chi connectivity index (χ1) is 11.1. The molecular formula is C21H20BrP. The molecule has 0 spiro atoms. The van der Waals surface area contributed by atoms with Gasteiger partial charge in [0.25, 0.3) is 0 Å². The fraction of sp³-hybridized carbons (Fsp3) is 0.143. The molecule has 0 N–H and O–H groups in total. The van der Waals surface area contributed by atoms with Gasteiger partial charge < -0.3 is 0 Å². The van der Waals surface area contributed by atoms with Crippen LogP contribution >= 0.6 is 25.2 Å². The monoisotopic (exact) mass is 382 g/mol. The standard InChI is InChI=1S/C21H20BrP/c1-20(22,17-11-5-2-6-12-17)21(23,18-13-7-3-8-14-18)19-15-9-4-10-16-19/h2-16H,23H2,1H3. The number of rotatable bonds is 4. The van der Waals surface area contributed by atoms with Crippen LogP contribution in [0.15, 0.2) is 91.0 Å². The average Bonchev–Trinajstić information content (AvgIpc) is 2.63. The zero-order chi connectivity index (χ0) is 16.3. The summed E-state index contributed by atoms with van der Waals surface area (Å²) in [5.41, 5.74) is 3.78. The zero-order valence-corrected chi connectivity index (χ0v) is 15.9. The smallest absolute Gasteiger partial charge is 0.0648 e. The molecule has 0 aliphatic heterocycles. The lowest BCUT2D eigenvalue weighted by atomic mass is 9.77. The molecule has 0 heterocycles. The van der Waals surface area contributed by atoms with Crippen molar-refractivity contribution in [3.8, 4) is 0 Å². The molecular weight excluding hydrogens is 363 g/mol. The van der Waals surface area contributed by atoms with Crippen molar-refractivity contribution >= 4 is 25.2 Å².